The van der Waals surface area contributed by atoms with E-state index in [1.54, 1.807) is 6.07 Å². The van der Waals surface area contributed by atoms with Crippen molar-refractivity contribution >= 4 is 34.8 Å². The molecule has 1 unspecified atom stereocenters. The molecule has 1 saturated heterocycles. The van der Waals surface area contributed by atoms with Gasteiger partial charge in [-0.05, 0) is 12.5 Å². The predicted molar refractivity (Wildman–Crippen MR) is 74.3 cm³/mol. The van der Waals surface area contributed by atoms with Crippen LogP contribution in [0.4, 0.5) is 11.6 Å². The van der Waals surface area contributed by atoms with Crippen molar-refractivity contribution < 1.29 is 4.74 Å². The van der Waals surface area contributed by atoms with Crippen molar-refractivity contribution in [1.82, 2.24) is 4.98 Å². The summed E-state index contributed by atoms with van der Waals surface area (Å²) < 4.78 is 5.47. The first-order valence-electron chi connectivity index (χ1n) is 5.84. The standard InChI is InChI=1S/C11H16Cl2N4O/c1-2-7-6-18-4-3-17(7)11-9(13)5-8(12)10(15-11)16-14/h5,7H,2-4,6,14H2,1H3,(H,15,16). The first-order chi connectivity index (χ1) is 8.67. The Morgan fingerprint density at radius 2 is 2.33 bits per heavy atom. The number of ether oxygens (including phenoxy) is 1. The number of hydrazine groups is 1. The Bertz CT molecular complexity index is 430. The van der Waals surface area contributed by atoms with Crippen LogP contribution in [0.15, 0.2) is 6.07 Å². The number of pyridine rings is 1. The van der Waals surface area contributed by atoms with Crippen LogP contribution in [0.1, 0.15) is 13.3 Å². The Labute approximate surface area is 116 Å². The highest BCUT2D eigenvalue weighted by molar-refractivity contribution is 6.37. The maximum atomic E-state index is 6.22. The first kappa shape index (κ1) is 13.7. The molecule has 1 aliphatic rings. The maximum Gasteiger partial charge on any atom is 0.161 e. The van der Waals surface area contributed by atoms with Crippen LogP contribution in [0.2, 0.25) is 10.0 Å². The number of rotatable bonds is 3. The molecule has 0 spiro atoms. The summed E-state index contributed by atoms with van der Waals surface area (Å²) in [5.74, 6) is 6.51. The van der Waals surface area contributed by atoms with Crippen LogP contribution >= 0.6 is 23.2 Å². The third-order valence-corrected chi connectivity index (χ3v) is 3.58. The summed E-state index contributed by atoms with van der Waals surface area (Å²) in [5.41, 5.74) is 2.48. The van der Waals surface area contributed by atoms with Gasteiger partial charge < -0.3 is 15.1 Å². The molecule has 1 aliphatic heterocycles. The van der Waals surface area contributed by atoms with Gasteiger partial charge in [-0.3, -0.25) is 0 Å². The van der Waals surface area contributed by atoms with Crippen LogP contribution in [0, 0.1) is 0 Å². The normalized spacial score (nSPS) is 20.0. The average Bonchev–Trinajstić information content (AvgIpc) is 2.39. The van der Waals surface area contributed by atoms with Gasteiger partial charge in [0.15, 0.2) is 5.82 Å². The van der Waals surface area contributed by atoms with E-state index < -0.39 is 0 Å². The van der Waals surface area contributed by atoms with Crippen LogP contribution < -0.4 is 16.2 Å². The smallest absolute Gasteiger partial charge is 0.161 e. The minimum Gasteiger partial charge on any atom is -0.377 e. The van der Waals surface area contributed by atoms with Gasteiger partial charge in [-0.15, -0.1) is 0 Å². The molecule has 100 valence electrons. The van der Waals surface area contributed by atoms with E-state index >= 15 is 0 Å². The van der Waals surface area contributed by atoms with E-state index in [-0.39, 0.29) is 6.04 Å². The van der Waals surface area contributed by atoms with Crippen molar-refractivity contribution in [2.75, 3.05) is 30.1 Å². The van der Waals surface area contributed by atoms with Crippen molar-refractivity contribution in [2.24, 2.45) is 5.84 Å². The quantitative estimate of drug-likeness (QED) is 0.661. The van der Waals surface area contributed by atoms with Gasteiger partial charge in [0.25, 0.3) is 0 Å². The third kappa shape index (κ3) is 2.64. The number of morpholine rings is 1. The van der Waals surface area contributed by atoms with Crippen molar-refractivity contribution in [1.29, 1.82) is 0 Å². The van der Waals surface area contributed by atoms with E-state index in [1.165, 1.54) is 0 Å². The first-order valence-corrected chi connectivity index (χ1v) is 6.60. The average molecular weight is 291 g/mol. The van der Waals surface area contributed by atoms with E-state index in [1.807, 2.05) is 0 Å². The molecule has 3 N–H and O–H groups in total. The molecule has 0 radical (unpaired) electrons. The molecule has 0 bridgehead atoms. The zero-order chi connectivity index (χ0) is 13.1. The lowest BCUT2D eigenvalue weighted by Crippen LogP contribution is -2.45. The second-order valence-corrected chi connectivity index (χ2v) is 4.91. The fourth-order valence-electron chi connectivity index (χ4n) is 2.03. The van der Waals surface area contributed by atoms with Crippen molar-refractivity contribution in [3.8, 4) is 0 Å². The van der Waals surface area contributed by atoms with E-state index in [9.17, 15) is 0 Å². The highest BCUT2D eigenvalue weighted by Gasteiger charge is 2.25. The summed E-state index contributed by atoms with van der Waals surface area (Å²) in [7, 11) is 0. The highest BCUT2D eigenvalue weighted by Crippen LogP contribution is 2.33. The molecule has 2 rings (SSSR count). The van der Waals surface area contributed by atoms with Crippen LogP contribution in [0.3, 0.4) is 0 Å². The predicted octanol–water partition coefficient (Wildman–Crippen LogP) is 2.29. The molecule has 0 saturated carbocycles. The molecule has 7 heteroatoms. The summed E-state index contributed by atoms with van der Waals surface area (Å²) in [6.45, 7) is 4.22. The molecule has 5 nitrogen and oxygen atoms in total. The largest absolute Gasteiger partial charge is 0.377 e. The molecule has 18 heavy (non-hydrogen) atoms. The number of anilines is 2. The lowest BCUT2D eigenvalue weighted by Gasteiger charge is -2.36. The fraction of sp³-hybridized carbons (Fsp3) is 0.545. The summed E-state index contributed by atoms with van der Waals surface area (Å²) >= 11 is 12.2. The minimum atomic E-state index is 0.274. The molecule has 1 fully saturated rings. The highest BCUT2D eigenvalue weighted by atomic mass is 35.5. The Balaban J connectivity index is 2.36. The molecule has 0 aliphatic carbocycles. The van der Waals surface area contributed by atoms with E-state index in [0.29, 0.717) is 34.9 Å². The van der Waals surface area contributed by atoms with Gasteiger partial charge in [0.2, 0.25) is 0 Å². The molecule has 1 aromatic rings. The number of nitrogens with two attached hydrogens (primary N) is 1. The van der Waals surface area contributed by atoms with Crippen molar-refractivity contribution in [2.45, 2.75) is 19.4 Å². The van der Waals surface area contributed by atoms with Gasteiger partial charge in [-0.1, -0.05) is 30.1 Å². The van der Waals surface area contributed by atoms with Crippen molar-refractivity contribution in [3.05, 3.63) is 16.1 Å². The molecule has 0 aromatic carbocycles. The topological polar surface area (TPSA) is 63.4 Å². The van der Waals surface area contributed by atoms with Gasteiger partial charge in [-0.2, -0.15) is 0 Å². The zero-order valence-corrected chi connectivity index (χ0v) is 11.6. The fourth-order valence-corrected chi connectivity index (χ4v) is 2.55. The molecular weight excluding hydrogens is 275 g/mol. The number of aromatic nitrogens is 1. The molecular formula is C11H16Cl2N4O. The monoisotopic (exact) mass is 290 g/mol. The zero-order valence-electron chi connectivity index (χ0n) is 10.1. The number of nitrogens with zero attached hydrogens (tertiary/aromatic N) is 2. The molecule has 1 aromatic heterocycles. The van der Waals surface area contributed by atoms with Crippen LogP contribution in [0.5, 0.6) is 0 Å². The summed E-state index contributed by atoms with van der Waals surface area (Å²) in [4.78, 5) is 6.52. The number of halogens is 2. The Morgan fingerprint density at radius 3 is 3.00 bits per heavy atom. The number of hydrogen-bond donors (Lipinski definition) is 2. The number of nitrogens with one attached hydrogen (secondary N) is 1. The van der Waals surface area contributed by atoms with E-state index in [2.05, 4.69) is 22.2 Å². The molecule has 1 atom stereocenters. The van der Waals surface area contributed by atoms with Crippen LogP contribution in [0.25, 0.3) is 0 Å². The Kier molecular flexibility index (Phi) is 4.50. The lowest BCUT2D eigenvalue weighted by atomic mass is 10.2. The second-order valence-electron chi connectivity index (χ2n) is 4.10. The summed E-state index contributed by atoms with van der Waals surface area (Å²) in [5, 5.41) is 0.937. The summed E-state index contributed by atoms with van der Waals surface area (Å²) in [6, 6.07) is 1.93. The SMILES string of the molecule is CCC1COCCN1c1nc(NN)c(Cl)cc1Cl. The van der Waals surface area contributed by atoms with Gasteiger partial charge in [0.1, 0.15) is 5.82 Å². The van der Waals surface area contributed by atoms with Crippen LogP contribution in [-0.4, -0.2) is 30.8 Å². The van der Waals surface area contributed by atoms with Gasteiger partial charge in [0, 0.05) is 6.54 Å². The number of nitrogen functional groups attached to an aromatic ring is 1. The Hall–Kier alpha value is -0.750. The van der Waals surface area contributed by atoms with E-state index in [4.69, 9.17) is 33.8 Å². The maximum absolute atomic E-state index is 6.22. The van der Waals surface area contributed by atoms with Gasteiger partial charge in [0.05, 0.1) is 29.3 Å². The van der Waals surface area contributed by atoms with Gasteiger partial charge in [-0.25, -0.2) is 10.8 Å². The molecule has 0 amide bonds. The number of hydrogen-bond acceptors (Lipinski definition) is 5. The Morgan fingerprint density at radius 1 is 1.56 bits per heavy atom. The van der Waals surface area contributed by atoms with Crippen molar-refractivity contribution in [3.63, 3.8) is 0 Å². The summed E-state index contributed by atoms with van der Waals surface area (Å²) in [6.07, 6.45) is 0.964. The second kappa shape index (κ2) is 5.93. The van der Waals surface area contributed by atoms with Gasteiger partial charge >= 0.3 is 0 Å². The van der Waals surface area contributed by atoms with E-state index in [0.717, 1.165) is 13.0 Å². The minimum absolute atomic E-state index is 0.274. The molecule has 2 heterocycles. The van der Waals surface area contributed by atoms with Crippen LogP contribution in [-0.2, 0) is 4.74 Å². The lowest BCUT2D eigenvalue weighted by molar-refractivity contribution is 0.0926. The third-order valence-electron chi connectivity index (χ3n) is 3.02.